The molecule has 4 N–H and O–H groups in total. The molecule has 4 aliphatic heterocycles. The third kappa shape index (κ3) is 9.98. The van der Waals surface area contributed by atoms with Crippen LogP contribution in [-0.4, -0.2) is 80.0 Å². The molecule has 4 heterocycles. The Hall–Kier alpha value is -5.78. The lowest BCUT2D eigenvalue weighted by Gasteiger charge is -2.38. The molecular weight excluding hydrogens is 861 g/mol. The first-order valence-corrected chi connectivity index (χ1v) is 23.3. The second-order valence-electron chi connectivity index (χ2n) is 16.4. The number of ether oxygens (including phenoxy) is 2. The zero-order valence-corrected chi connectivity index (χ0v) is 37.4. The predicted molar refractivity (Wildman–Crippen MR) is 270 cm³/mol. The van der Waals surface area contributed by atoms with Crippen LogP contribution >= 0.6 is 23.5 Å². The molecule has 6 aromatic rings. The molecule has 2 fully saturated rings. The van der Waals surface area contributed by atoms with Crippen molar-refractivity contribution in [2.24, 2.45) is 0 Å². The van der Waals surface area contributed by atoms with Gasteiger partial charge in [-0.15, -0.1) is 23.5 Å². The molecule has 340 valence electrons. The van der Waals surface area contributed by atoms with Crippen LogP contribution in [0.15, 0.2) is 143 Å². The molecule has 8 nitrogen and oxygen atoms in total. The van der Waals surface area contributed by atoms with Gasteiger partial charge in [-0.2, -0.15) is 0 Å². The standard InChI is InChI=1S/2C28H29NO3S/c2*1-3-14-29-16-24(17-29)33-23-11-6-20(7-12-23)28-27(19-4-8-21(30)9-5-19)18(2)25-13-10-22(31)15-26(25)32-28/h2*4-13,15,24,28,30-31H,3,14,16-17H2,1-2H3/i1D3,2D3,11D,12D;1D2,2D3,11D,12D. The number of phenolic OH excluding ortho intramolecular Hbond substituents is 4. The van der Waals surface area contributed by atoms with Crippen LogP contribution in [0.2, 0.25) is 0 Å². The van der Waals surface area contributed by atoms with Crippen molar-refractivity contribution in [3.63, 3.8) is 0 Å². The summed E-state index contributed by atoms with van der Waals surface area (Å²) in [5.74, 6) is 0.220. The molecular formula is C56H58N2O6S2. The van der Waals surface area contributed by atoms with Gasteiger partial charge >= 0.3 is 0 Å². The fourth-order valence-electron chi connectivity index (χ4n) is 8.33. The molecule has 10 rings (SSSR count). The summed E-state index contributed by atoms with van der Waals surface area (Å²) >= 11 is 2.87. The second-order valence-corrected chi connectivity index (χ2v) is 19.0. The van der Waals surface area contributed by atoms with Gasteiger partial charge in [-0.25, -0.2) is 0 Å². The normalized spacial score (nSPS) is 22.5. The van der Waals surface area contributed by atoms with Gasteiger partial charge in [0.15, 0.2) is 0 Å². The van der Waals surface area contributed by atoms with Crippen LogP contribution in [0.1, 0.15) is 106 Å². The first kappa shape index (κ1) is 30.5. The molecule has 2 unspecified atom stereocenters. The number of fused-ring (bicyclic) bond motifs is 2. The zero-order chi connectivity index (χ0) is 58.5. The number of benzene rings is 6. The average Bonchev–Trinajstić information content (AvgIpc) is 3.52. The van der Waals surface area contributed by atoms with Gasteiger partial charge in [0.05, 0.1) is 5.48 Å². The minimum atomic E-state index is -2.57. The molecule has 0 spiro atoms. The maximum atomic E-state index is 10.1. The van der Waals surface area contributed by atoms with E-state index in [1.807, 2.05) is 4.90 Å². The van der Waals surface area contributed by atoms with Crippen LogP contribution < -0.4 is 9.47 Å². The van der Waals surface area contributed by atoms with Gasteiger partial charge in [-0.1, -0.05) is 62.3 Å². The van der Waals surface area contributed by atoms with Gasteiger partial charge in [0, 0.05) is 96.0 Å². The van der Waals surface area contributed by atoms with Gasteiger partial charge in [0.25, 0.3) is 0 Å². The van der Waals surface area contributed by atoms with Crippen molar-refractivity contribution in [1.29, 1.82) is 0 Å². The van der Waals surface area contributed by atoms with Crippen molar-refractivity contribution in [1.82, 2.24) is 9.80 Å². The van der Waals surface area contributed by atoms with Crippen LogP contribution in [0.25, 0.3) is 22.3 Å². The van der Waals surface area contributed by atoms with Crippen molar-refractivity contribution in [2.45, 2.75) is 72.8 Å². The Kier molecular flexibility index (Phi) is 9.23. The summed E-state index contributed by atoms with van der Waals surface area (Å²) in [6, 6.07) is 27.5. The number of rotatable bonds is 12. The van der Waals surface area contributed by atoms with E-state index < -0.39 is 39.6 Å². The van der Waals surface area contributed by atoms with E-state index in [0.29, 0.717) is 86.9 Å². The molecule has 66 heavy (non-hydrogen) atoms. The Balaban J connectivity index is 0.000000196. The van der Waals surface area contributed by atoms with E-state index in [9.17, 15) is 20.4 Å². The fourth-order valence-corrected chi connectivity index (χ4v) is 10.6. The summed E-state index contributed by atoms with van der Waals surface area (Å²) in [7, 11) is 0. The smallest absolute Gasteiger partial charge is 0.150 e. The molecule has 2 saturated heterocycles. The van der Waals surface area contributed by atoms with Crippen LogP contribution in [0.4, 0.5) is 0 Å². The van der Waals surface area contributed by atoms with Crippen LogP contribution in [-0.2, 0) is 0 Å². The number of aromatic hydroxyl groups is 4. The summed E-state index contributed by atoms with van der Waals surface area (Å²) in [4.78, 5) is 5.20. The highest BCUT2D eigenvalue weighted by atomic mass is 32.2. The highest BCUT2D eigenvalue weighted by Crippen LogP contribution is 2.49. The van der Waals surface area contributed by atoms with E-state index in [-0.39, 0.29) is 86.7 Å². The maximum absolute atomic E-state index is 10.1. The third-order valence-electron chi connectivity index (χ3n) is 11.8. The summed E-state index contributed by atoms with van der Waals surface area (Å²) in [6.07, 6.45) is -1.39. The molecule has 2 atom stereocenters. The van der Waals surface area contributed by atoms with E-state index in [0.717, 1.165) is 13.1 Å². The second kappa shape index (κ2) is 20.0. The zero-order valence-electron chi connectivity index (χ0n) is 50.8. The Morgan fingerprint density at radius 3 is 1.35 bits per heavy atom. The van der Waals surface area contributed by atoms with Gasteiger partial charge < -0.3 is 39.7 Å². The topological polar surface area (TPSA) is 106 Å². The number of nitrogens with zero attached hydrogens (tertiary/aromatic N) is 2. The van der Waals surface area contributed by atoms with Crippen molar-refractivity contribution < 1.29 is 50.5 Å². The van der Waals surface area contributed by atoms with Crippen LogP contribution in [0.5, 0.6) is 34.5 Å². The van der Waals surface area contributed by atoms with E-state index in [4.69, 9.17) is 30.0 Å². The Bertz CT molecular complexity index is 3310. The first-order valence-electron chi connectivity index (χ1n) is 29.2. The molecule has 6 aromatic carbocycles. The van der Waals surface area contributed by atoms with E-state index in [1.165, 1.54) is 84.2 Å². The molecule has 10 heteroatoms. The summed E-state index contributed by atoms with van der Waals surface area (Å²) < 4.78 is 135. The van der Waals surface area contributed by atoms with Crippen molar-refractivity contribution in [3.05, 3.63) is 167 Å². The molecule has 0 radical (unpaired) electrons. The lowest BCUT2D eigenvalue weighted by atomic mass is 9.86. The van der Waals surface area contributed by atoms with Crippen LogP contribution in [0, 0.1) is 0 Å². The lowest BCUT2D eigenvalue weighted by Crippen LogP contribution is -2.48. The molecule has 0 aliphatic carbocycles. The number of hydrogen-bond acceptors (Lipinski definition) is 10. The quantitative estimate of drug-likeness (QED) is 0.0948. The Morgan fingerprint density at radius 1 is 0.545 bits per heavy atom. The summed E-state index contributed by atoms with van der Waals surface area (Å²) in [5.41, 5.74) is 3.22. The van der Waals surface area contributed by atoms with Gasteiger partial charge in [0.2, 0.25) is 0 Å². The minimum absolute atomic E-state index is 0.0135. The molecule has 4 aliphatic rings. The predicted octanol–water partition coefficient (Wildman–Crippen LogP) is 12.7. The van der Waals surface area contributed by atoms with Crippen LogP contribution in [0.3, 0.4) is 0 Å². The molecule has 0 saturated carbocycles. The highest BCUT2D eigenvalue weighted by molar-refractivity contribution is 8.00. The molecule has 0 aromatic heterocycles. The SMILES string of the molecule is [2H]c1cc(C2Oc3cc(O)ccc3C(C([2H])([2H])[2H])=C2c2ccc(O)cc2)cc([2H])c1SC1CN(CCC([2H])([2H])[2H])C1.[2H]c1cc(C2Oc3cc(O)ccc3C(C([2H])([2H])[2H])=C2c2ccc(O)cc2)cc([2H])c1SC1CN(CCC([2H])[2H])C1. The van der Waals surface area contributed by atoms with Gasteiger partial charge in [-0.3, -0.25) is 0 Å². The number of likely N-dealkylation sites (tertiary alicyclic amines) is 2. The molecule has 0 bridgehead atoms. The first-order chi connectivity index (χ1) is 38.1. The van der Waals surface area contributed by atoms with Crippen molar-refractivity contribution in [3.8, 4) is 34.5 Å². The summed E-state index contributed by atoms with van der Waals surface area (Å²) in [6.45, 7) is -3.91. The number of hydrogen-bond donors (Lipinski definition) is 4. The summed E-state index contributed by atoms with van der Waals surface area (Å²) in [5, 5.41) is 40.3. The monoisotopic (exact) mass is 933 g/mol. The Morgan fingerprint density at radius 2 is 0.955 bits per heavy atom. The Labute approximate surface area is 418 Å². The minimum Gasteiger partial charge on any atom is -0.508 e. The average molecular weight is 934 g/mol. The van der Waals surface area contributed by atoms with E-state index in [2.05, 4.69) is 4.90 Å². The maximum Gasteiger partial charge on any atom is 0.150 e. The largest absolute Gasteiger partial charge is 0.508 e. The number of allylic oxidation sites excluding steroid dienone is 2. The fraction of sp³-hybridized carbons (Fsp3) is 0.286. The van der Waals surface area contributed by atoms with Gasteiger partial charge in [0.1, 0.15) is 46.7 Å². The highest BCUT2D eigenvalue weighted by Gasteiger charge is 2.32. The number of phenols is 4. The lowest BCUT2D eigenvalue weighted by molar-refractivity contribution is 0.191. The van der Waals surface area contributed by atoms with Crippen molar-refractivity contribution >= 4 is 45.8 Å². The van der Waals surface area contributed by atoms with Crippen molar-refractivity contribution in [2.75, 3.05) is 39.3 Å². The number of thioether (sulfide) groups is 2. The van der Waals surface area contributed by atoms with E-state index >= 15 is 0 Å². The third-order valence-corrected chi connectivity index (χ3v) is 14.0. The molecule has 0 amide bonds. The van der Waals surface area contributed by atoms with Gasteiger partial charge in [-0.05, 0) is 146 Å². The van der Waals surface area contributed by atoms with E-state index in [1.54, 1.807) is 48.5 Å².